The van der Waals surface area contributed by atoms with Crippen LogP contribution in [0.3, 0.4) is 0 Å². The number of rotatable bonds is 8. The van der Waals surface area contributed by atoms with Crippen molar-refractivity contribution in [1.82, 2.24) is 0 Å². The van der Waals surface area contributed by atoms with Crippen LogP contribution in [0.4, 0.5) is 11.4 Å². The van der Waals surface area contributed by atoms with Crippen molar-refractivity contribution in [2.75, 3.05) is 22.5 Å². The summed E-state index contributed by atoms with van der Waals surface area (Å²) in [6.07, 6.45) is 1.13. The van der Waals surface area contributed by atoms with E-state index < -0.39 is 10.0 Å². The Morgan fingerprint density at radius 2 is 1.62 bits per heavy atom. The number of carbonyl (C=O) groups is 1. The van der Waals surface area contributed by atoms with Crippen LogP contribution in [-0.2, 0) is 21.4 Å². The van der Waals surface area contributed by atoms with Crippen LogP contribution >= 0.6 is 34.8 Å². The predicted molar refractivity (Wildman–Crippen MR) is 130 cm³/mol. The molecule has 3 rings (SSSR count). The Labute approximate surface area is 201 Å². The zero-order valence-electron chi connectivity index (χ0n) is 16.9. The summed E-state index contributed by atoms with van der Waals surface area (Å²) in [6.45, 7) is -0.153. The molecular formula is C22H19Cl3N2O4S. The smallest absolute Gasteiger partial charge is 0.262 e. The number of halogens is 3. The first-order valence-corrected chi connectivity index (χ1v) is 12.3. The van der Waals surface area contributed by atoms with Crippen LogP contribution in [-0.4, -0.2) is 27.2 Å². The molecule has 0 aliphatic rings. The molecule has 3 aromatic rings. The number of nitrogens with one attached hydrogen (secondary N) is 1. The average Bonchev–Trinajstić information content (AvgIpc) is 2.74. The number of carbonyl (C=O) groups excluding carboxylic acids is 1. The Kier molecular flexibility index (Phi) is 7.90. The molecule has 0 fully saturated rings. The van der Waals surface area contributed by atoms with Crippen molar-refractivity contribution < 1.29 is 17.9 Å². The van der Waals surface area contributed by atoms with E-state index in [1.807, 2.05) is 0 Å². The summed E-state index contributed by atoms with van der Waals surface area (Å²) in [5.74, 6) is 0.0215. The Balaban J connectivity index is 1.65. The molecule has 0 unspecified atom stereocenters. The lowest BCUT2D eigenvalue weighted by molar-refractivity contribution is -0.118. The topological polar surface area (TPSA) is 75.7 Å². The van der Waals surface area contributed by atoms with E-state index in [4.69, 9.17) is 39.5 Å². The molecule has 32 heavy (non-hydrogen) atoms. The van der Waals surface area contributed by atoms with Crippen LogP contribution in [0.1, 0.15) is 5.56 Å². The molecular weight excluding hydrogens is 495 g/mol. The standard InChI is InChI=1S/C22H19Cl3N2O4S/c1-32(29,30)27(13-15-4-2-3-5-19(15)23)17-7-9-18(10-8-17)31-14-22(28)26-16-6-11-20(24)21(25)12-16/h2-12H,13-14H2,1H3,(H,26,28). The highest BCUT2D eigenvalue weighted by atomic mass is 35.5. The second-order valence-electron chi connectivity index (χ2n) is 6.82. The van der Waals surface area contributed by atoms with E-state index >= 15 is 0 Å². The summed E-state index contributed by atoms with van der Waals surface area (Å²) in [5.41, 5.74) is 1.62. The van der Waals surface area contributed by atoms with Gasteiger partial charge >= 0.3 is 0 Å². The minimum Gasteiger partial charge on any atom is -0.484 e. The molecule has 0 aliphatic carbocycles. The summed E-state index contributed by atoms with van der Waals surface area (Å²) in [7, 11) is -3.56. The van der Waals surface area contributed by atoms with E-state index in [0.29, 0.717) is 37.8 Å². The Bertz CT molecular complexity index is 1220. The number of nitrogens with zero attached hydrogens (tertiary/aromatic N) is 1. The van der Waals surface area contributed by atoms with Gasteiger partial charge in [0.25, 0.3) is 5.91 Å². The van der Waals surface area contributed by atoms with E-state index in [2.05, 4.69) is 5.32 Å². The zero-order valence-corrected chi connectivity index (χ0v) is 20.0. The minimum atomic E-state index is -3.56. The highest BCUT2D eigenvalue weighted by molar-refractivity contribution is 7.92. The SMILES string of the molecule is CS(=O)(=O)N(Cc1ccccc1Cl)c1ccc(OCC(=O)Nc2ccc(Cl)c(Cl)c2)cc1. The van der Waals surface area contributed by atoms with E-state index in [0.717, 1.165) is 6.26 Å². The third kappa shape index (κ3) is 6.53. The molecule has 10 heteroatoms. The van der Waals surface area contributed by atoms with Gasteiger partial charge in [0, 0.05) is 10.7 Å². The van der Waals surface area contributed by atoms with Crippen LogP contribution in [0, 0.1) is 0 Å². The lowest BCUT2D eigenvalue weighted by atomic mass is 10.2. The van der Waals surface area contributed by atoms with Crippen molar-refractivity contribution in [2.24, 2.45) is 0 Å². The van der Waals surface area contributed by atoms with Gasteiger partial charge < -0.3 is 10.1 Å². The van der Waals surface area contributed by atoms with E-state index in [-0.39, 0.29) is 19.1 Å². The molecule has 168 valence electrons. The fourth-order valence-electron chi connectivity index (χ4n) is 2.81. The van der Waals surface area contributed by atoms with Gasteiger partial charge in [0.05, 0.1) is 28.5 Å². The first-order valence-electron chi connectivity index (χ1n) is 9.32. The molecule has 6 nitrogen and oxygen atoms in total. The summed E-state index contributed by atoms with van der Waals surface area (Å²) in [4.78, 5) is 12.1. The van der Waals surface area contributed by atoms with Crippen molar-refractivity contribution >= 4 is 62.1 Å². The third-order valence-electron chi connectivity index (χ3n) is 4.37. The second kappa shape index (κ2) is 10.4. The Hall–Kier alpha value is -2.45. The summed E-state index contributed by atoms with van der Waals surface area (Å²) >= 11 is 18.0. The maximum Gasteiger partial charge on any atom is 0.262 e. The Morgan fingerprint density at radius 3 is 2.25 bits per heavy atom. The molecule has 1 amide bonds. The minimum absolute atomic E-state index is 0.0881. The number of ether oxygens (including phenoxy) is 1. The lowest BCUT2D eigenvalue weighted by Gasteiger charge is -2.23. The highest BCUT2D eigenvalue weighted by Gasteiger charge is 2.19. The van der Waals surface area contributed by atoms with Gasteiger partial charge in [0.1, 0.15) is 5.75 Å². The summed E-state index contributed by atoms with van der Waals surface area (Å²) in [5, 5.41) is 3.85. The van der Waals surface area contributed by atoms with Crippen LogP contribution in [0.25, 0.3) is 0 Å². The fourth-order valence-corrected chi connectivity index (χ4v) is 4.18. The molecule has 0 radical (unpaired) electrons. The third-order valence-corrected chi connectivity index (χ3v) is 6.62. The van der Waals surface area contributed by atoms with Crippen LogP contribution in [0.2, 0.25) is 15.1 Å². The normalized spacial score (nSPS) is 11.1. The van der Waals surface area contributed by atoms with Crippen molar-refractivity contribution in [3.05, 3.63) is 87.4 Å². The largest absolute Gasteiger partial charge is 0.484 e. The number of anilines is 2. The zero-order chi connectivity index (χ0) is 23.3. The van der Waals surface area contributed by atoms with Gasteiger partial charge in [-0.05, 0) is 54.1 Å². The van der Waals surface area contributed by atoms with Gasteiger partial charge in [-0.2, -0.15) is 0 Å². The van der Waals surface area contributed by atoms with Crippen LogP contribution in [0.5, 0.6) is 5.75 Å². The lowest BCUT2D eigenvalue weighted by Crippen LogP contribution is -2.29. The van der Waals surface area contributed by atoms with Crippen LogP contribution < -0.4 is 14.4 Å². The van der Waals surface area contributed by atoms with Crippen LogP contribution in [0.15, 0.2) is 66.7 Å². The second-order valence-corrected chi connectivity index (χ2v) is 9.95. The first-order chi connectivity index (χ1) is 15.1. The van der Waals surface area contributed by atoms with Gasteiger partial charge in [0.2, 0.25) is 10.0 Å². The first kappa shape index (κ1) is 24.2. The van der Waals surface area contributed by atoms with Gasteiger partial charge in [-0.15, -0.1) is 0 Å². The molecule has 3 aromatic carbocycles. The molecule has 0 heterocycles. The van der Waals surface area contributed by atoms with Gasteiger partial charge in [0.15, 0.2) is 6.61 Å². The van der Waals surface area contributed by atoms with Gasteiger partial charge in [-0.1, -0.05) is 53.0 Å². The molecule has 1 N–H and O–H groups in total. The summed E-state index contributed by atoms with van der Waals surface area (Å²) in [6, 6.07) is 18.2. The molecule has 0 bridgehead atoms. The molecule has 0 saturated heterocycles. The van der Waals surface area contributed by atoms with E-state index in [1.165, 1.54) is 10.4 Å². The molecule has 0 aliphatic heterocycles. The number of benzene rings is 3. The predicted octanol–water partition coefficient (Wildman–Crippen LogP) is 5.63. The maximum atomic E-state index is 12.3. The fraction of sp³-hybridized carbons (Fsp3) is 0.136. The number of amides is 1. The van der Waals surface area contributed by atoms with E-state index in [1.54, 1.807) is 60.7 Å². The number of hydrogen-bond acceptors (Lipinski definition) is 4. The number of sulfonamides is 1. The molecule has 0 aromatic heterocycles. The van der Waals surface area contributed by atoms with Gasteiger partial charge in [-0.3, -0.25) is 9.10 Å². The molecule has 0 atom stereocenters. The van der Waals surface area contributed by atoms with Crippen molar-refractivity contribution in [2.45, 2.75) is 6.54 Å². The highest BCUT2D eigenvalue weighted by Crippen LogP contribution is 2.27. The van der Waals surface area contributed by atoms with Crippen molar-refractivity contribution in [3.63, 3.8) is 0 Å². The molecule has 0 spiro atoms. The van der Waals surface area contributed by atoms with Gasteiger partial charge in [-0.25, -0.2) is 8.42 Å². The summed E-state index contributed by atoms with van der Waals surface area (Å²) < 4.78 is 31.4. The molecule has 0 saturated carbocycles. The van der Waals surface area contributed by atoms with Crippen molar-refractivity contribution in [3.8, 4) is 5.75 Å². The number of hydrogen-bond donors (Lipinski definition) is 1. The average molecular weight is 514 g/mol. The maximum absolute atomic E-state index is 12.3. The van der Waals surface area contributed by atoms with E-state index in [9.17, 15) is 13.2 Å². The quantitative estimate of drug-likeness (QED) is 0.423. The monoisotopic (exact) mass is 512 g/mol. The van der Waals surface area contributed by atoms with Crippen molar-refractivity contribution in [1.29, 1.82) is 0 Å². The Morgan fingerprint density at radius 1 is 0.938 bits per heavy atom.